The van der Waals surface area contributed by atoms with E-state index in [1.165, 1.54) is 5.56 Å². The summed E-state index contributed by atoms with van der Waals surface area (Å²) in [6.45, 7) is 6.37. The van der Waals surface area contributed by atoms with Gasteiger partial charge in [-0.05, 0) is 92.6 Å². The third-order valence-corrected chi connectivity index (χ3v) is 6.75. The van der Waals surface area contributed by atoms with Crippen molar-refractivity contribution in [2.45, 2.75) is 32.9 Å². The van der Waals surface area contributed by atoms with Crippen molar-refractivity contribution in [3.63, 3.8) is 0 Å². The van der Waals surface area contributed by atoms with Crippen LogP contribution in [0.3, 0.4) is 0 Å². The van der Waals surface area contributed by atoms with Gasteiger partial charge in [-0.3, -0.25) is 4.98 Å². The van der Waals surface area contributed by atoms with E-state index in [-0.39, 0.29) is 12.1 Å². The number of nitrogens with one attached hydrogen (secondary N) is 1. The molecule has 34 heavy (non-hydrogen) atoms. The van der Waals surface area contributed by atoms with Gasteiger partial charge < -0.3 is 19.5 Å². The first-order chi connectivity index (χ1) is 16.5. The Bertz CT molecular complexity index is 1330. The van der Waals surface area contributed by atoms with Crippen molar-refractivity contribution < 1.29 is 4.74 Å². The summed E-state index contributed by atoms with van der Waals surface area (Å²) in [7, 11) is 1.67. The summed E-state index contributed by atoms with van der Waals surface area (Å²) in [5.74, 6) is 1.76. The number of hydrogen-bond donors (Lipinski definition) is 1. The highest BCUT2D eigenvalue weighted by molar-refractivity contribution is 7.80. The van der Waals surface area contributed by atoms with Gasteiger partial charge in [0.1, 0.15) is 11.6 Å². The molecule has 0 radical (unpaired) electrons. The van der Waals surface area contributed by atoms with Gasteiger partial charge in [0, 0.05) is 29.5 Å². The number of ether oxygens (including phenoxy) is 1. The number of rotatable bonds is 5. The number of aryl methyl sites for hydroxylation is 2. The van der Waals surface area contributed by atoms with E-state index >= 15 is 0 Å². The summed E-state index contributed by atoms with van der Waals surface area (Å²) >= 11 is 5.87. The van der Waals surface area contributed by atoms with E-state index in [0.717, 1.165) is 39.9 Å². The van der Waals surface area contributed by atoms with E-state index in [0.29, 0.717) is 5.11 Å². The summed E-state index contributed by atoms with van der Waals surface area (Å²) in [5.41, 5.74) is 6.52. The fourth-order valence-corrected chi connectivity index (χ4v) is 5.16. The zero-order valence-corrected chi connectivity index (χ0v) is 20.5. The number of hydrogen-bond acceptors (Lipinski definition) is 4. The normalized spacial score (nSPS) is 17.6. The molecule has 0 aliphatic carbocycles. The first kappa shape index (κ1) is 22.1. The predicted octanol–water partition coefficient (Wildman–Crippen LogP) is 5.38. The zero-order valence-electron chi connectivity index (χ0n) is 19.7. The van der Waals surface area contributed by atoms with Crippen molar-refractivity contribution >= 4 is 23.0 Å². The molecule has 4 heterocycles. The Balaban J connectivity index is 1.68. The van der Waals surface area contributed by atoms with Gasteiger partial charge in [-0.25, -0.2) is 4.98 Å². The van der Waals surface area contributed by atoms with Crippen LogP contribution >= 0.6 is 12.2 Å². The van der Waals surface area contributed by atoms with Crippen LogP contribution in [0.1, 0.15) is 40.3 Å². The minimum atomic E-state index is -0.102. The van der Waals surface area contributed by atoms with Crippen molar-refractivity contribution in [2.24, 2.45) is 0 Å². The minimum absolute atomic E-state index is 0.0836. The Labute approximate surface area is 205 Å². The third-order valence-electron chi connectivity index (χ3n) is 6.43. The molecular weight excluding hydrogens is 442 g/mol. The van der Waals surface area contributed by atoms with Crippen LogP contribution in [0.2, 0.25) is 0 Å². The maximum Gasteiger partial charge on any atom is 0.174 e. The smallest absolute Gasteiger partial charge is 0.174 e. The summed E-state index contributed by atoms with van der Waals surface area (Å²) in [6, 6.07) is 20.1. The van der Waals surface area contributed by atoms with Gasteiger partial charge in [-0.2, -0.15) is 0 Å². The largest absolute Gasteiger partial charge is 0.497 e. The van der Waals surface area contributed by atoms with E-state index in [4.69, 9.17) is 17.0 Å². The Hall–Kier alpha value is -3.71. The van der Waals surface area contributed by atoms with Crippen molar-refractivity contribution in [3.05, 3.63) is 101 Å². The van der Waals surface area contributed by atoms with Crippen molar-refractivity contribution in [3.8, 4) is 11.6 Å². The molecule has 1 aliphatic rings. The SMILES string of the molecule is COc1ccc(N2C(=S)N[C@H](c3ccccn3)[C@H]2c2cc(C)n(-c3ncccc3C)c2C)cc1. The van der Waals surface area contributed by atoms with Crippen LogP contribution in [0.5, 0.6) is 5.75 Å². The van der Waals surface area contributed by atoms with Gasteiger partial charge in [0.05, 0.1) is 24.9 Å². The average Bonchev–Trinajstić information content (AvgIpc) is 3.35. The highest BCUT2D eigenvalue weighted by Crippen LogP contribution is 2.44. The lowest BCUT2D eigenvalue weighted by Crippen LogP contribution is -2.29. The van der Waals surface area contributed by atoms with Crippen LogP contribution in [-0.4, -0.2) is 26.8 Å². The van der Waals surface area contributed by atoms with Crippen LogP contribution in [0, 0.1) is 20.8 Å². The third kappa shape index (κ3) is 3.72. The number of pyridine rings is 2. The fourth-order valence-electron chi connectivity index (χ4n) is 4.82. The molecule has 1 aromatic carbocycles. The maximum atomic E-state index is 5.87. The molecule has 1 aliphatic heterocycles. The molecule has 4 aromatic rings. The van der Waals surface area contributed by atoms with Crippen molar-refractivity contribution in [1.29, 1.82) is 0 Å². The van der Waals surface area contributed by atoms with Gasteiger partial charge in [-0.15, -0.1) is 0 Å². The number of methoxy groups -OCH3 is 1. The topological polar surface area (TPSA) is 55.2 Å². The number of nitrogens with zero attached hydrogens (tertiary/aromatic N) is 4. The summed E-state index contributed by atoms with van der Waals surface area (Å²) in [6.07, 6.45) is 3.67. The maximum absolute atomic E-state index is 5.87. The minimum Gasteiger partial charge on any atom is -0.497 e. The molecule has 0 amide bonds. The lowest BCUT2D eigenvalue weighted by atomic mass is 9.96. The second-order valence-corrected chi connectivity index (χ2v) is 8.89. The Morgan fingerprint density at radius 2 is 1.71 bits per heavy atom. The molecule has 0 bridgehead atoms. The van der Waals surface area contributed by atoms with Gasteiger partial charge in [0.15, 0.2) is 5.11 Å². The molecule has 0 spiro atoms. The lowest BCUT2D eigenvalue weighted by Gasteiger charge is -2.28. The molecule has 1 N–H and O–H groups in total. The first-order valence-corrected chi connectivity index (χ1v) is 11.7. The van der Waals surface area contributed by atoms with Gasteiger partial charge in [0.25, 0.3) is 0 Å². The molecule has 7 heteroatoms. The van der Waals surface area contributed by atoms with E-state index in [1.54, 1.807) is 7.11 Å². The van der Waals surface area contributed by atoms with Crippen LogP contribution in [0.15, 0.2) is 73.1 Å². The molecule has 1 fully saturated rings. The molecule has 172 valence electrons. The van der Waals surface area contributed by atoms with Crippen LogP contribution < -0.4 is 15.0 Å². The standard InChI is InChI=1S/C27H27N5OS/c1-17-8-7-15-29-26(17)31-18(2)16-22(19(31)3)25-24(23-9-5-6-14-28-23)30-27(34)32(25)20-10-12-21(33-4)13-11-20/h5-16,24-25H,1-4H3,(H,30,34)/t24-,25-/m1/s1. The molecule has 0 saturated carbocycles. The first-order valence-electron chi connectivity index (χ1n) is 11.2. The van der Waals surface area contributed by atoms with E-state index in [2.05, 4.69) is 57.7 Å². The summed E-state index contributed by atoms with van der Waals surface area (Å²) in [5, 5.41) is 4.21. The van der Waals surface area contributed by atoms with Gasteiger partial charge >= 0.3 is 0 Å². The summed E-state index contributed by atoms with van der Waals surface area (Å²) < 4.78 is 7.60. The lowest BCUT2D eigenvalue weighted by molar-refractivity contribution is 0.415. The molecule has 1 saturated heterocycles. The van der Waals surface area contributed by atoms with E-state index in [1.807, 2.05) is 60.9 Å². The monoisotopic (exact) mass is 469 g/mol. The molecule has 2 atom stereocenters. The molecule has 3 aromatic heterocycles. The Morgan fingerprint density at radius 1 is 0.941 bits per heavy atom. The average molecular weight is 470 g/mol. The predicted molar refractivity (Wildman–Crippen MR) is 139 cm³/mol. The van der Waals surface area contributed by atoms with Gasteiger partial charge in [-0.1, -0.05) is 12.1 Å². The number of anilines is 1. The van der Waals surface area contributed by atoms with E-state index < -0.39 is 0 Å². The van der Waals surface area contributed by atoms with E-state index in [9.17, 15) is 0 Å². The second kappa shape index (κ2) is 8.91. The Kier molecular flexibility index (Phi) is 5.79. The van der Waals surface area contributed by atoms with Crippen LogP contribution in [-0.2, 0) is 0 Å². The zero-order chi connectivity index (χ0) is 23.8. The summed E-state index contributed by atoms with van der Waals surface area (Å²) in [4.78, 5) is 11.5. The quantitative estimate of drug-likeness (QED) is 0.396. The Morgan fingerprint density at radius 3 is 2.38 bits per heavy atom. The number of thiocarbonyl (C=S) groups is 1. The number of benzene rings is 1. The highest BCUT2D eigenvalue weighted by atomic mass is 32.1. The molecular formula is C27H27N5OS. The number of aromatic nitrogens is 3. The fraction of sp³-hybridized carbons (Fsp3) is 0.222. The molecule has 0 unspecified atom stereocenters. The molecule has 5 rings (SSSR count). The van der Waals surface area contributed by atoms with Crippen molar-refractivity contribution in [1.82, 2.24) is 19.9 Å². The second-order valence-electron chi connectivity index (χ2n) is 8.50. The highest BCUT2D eigenvalue weighted by Gasteiger charge is 2.42. The van der Waals surface area contributed by atoms with Crippen LogP contribution in [0.4, 0.5) is 5.69 Å². The van der Waals surface area contributed by atoms with Gasteiger partial charge in [0.2, 0.25) is 0 Å². The van der Waals surface area contributed by atoms with Crippen LogP contribution in [0.25, 0.3) is 5.82 Å². The molecule has 6 nitrogen and oxygen atoms in total. The van der Waals surface area contributed by atoms with Crippen molar-refractivity contribution in [2.75, 3.05) is 12.0 Å².